The summed E-state index contributed by atoms with van der Waals surface area (Å²) < 4.78 is 5.34. The van der Waals surface area contributed by atoms with Gasteiger partial charge in [0.2, 0.25) is 0 Å². The lowest BCUT2D eigenvalue weighted by Gasteiger charge is -2.03. The summed E-state index contributed by atoms with van der Waals surface area (Å²) in [6.45, 7) is 2.37. The Bertz CT molecular complexity index is 402. The molecule has 0 fully saturated rings. The second-order valence-corrected chi connectivity index (χ2v) is 4.11. The first-order valence-electron chi connectivity index (χ1n) is 5.04. The van der Waals surface area contributed by atoms with Crippen LogP contribution in [0, 0.1) is 0 Å². The molecule has 4 heteroatoms. The lowest BCUT2D eigenvalue weighted by atomic mass is 10.2. The Kier molecular flexibility index (Phi) is 5.05. The number of hydrogen-bond acceptors (Lipinski definition) is 3. The number of carbonyl (C=O) groups is 1. The maximum atomic E-state index is 11.4. The van der Waals surface area contributed by atoms with E-state index in [4.69, 9.17) is 10.5 Å². The molecule has 86 valence electrons. The SMILES string of the molecule is CCCOC(=O)/C(Br)=C/c1ccccc1N. The summed E-state index contributed by atoms with van der Waals surface area (Å²) in [5.74, 6) is -0.370. The number of anilines is 1. The number of carbonyl (C=O) groups excluding carboxylic acids is 1. The van der Waals surface area contributed by atoms with Crippen molar-refractivity contribution in [1.29, 1.82) is 0 Å². The molecule has 0 unspecified atom stereocenters. The Morgan fingerprint density at radius 3 is 2.81 bits per heavy atom. The molecule has 0 bridgehead atoms. The van der Waals surface area contributed by atoms with Crippen molar-refractivity contribution in [2.24, 2.45) is 0 Å². The Labute approximate surface area is 103 Å². The first-order valence-corrected chi connectivity index (χ1v) is 5.83. The Hall–Kier alpha value is -1.29. The van der Waals surface area contributed by atoms with Crippen molar-refractivity contribution in [2.45, 2.75) is 13.3 Å². The van der Waals surface area contributed by atoms with E-state index in [-0.39, 0.29) is 5.97 Å². The number of halogens is 1. The van der Waals surface area contributed by atoms with Gasteiger partial charge in [-0.25, -0.2) is 4.79 Å². The highest BCUT2D eigenvalue weighted by Gasteiger charge is 2.07. The molecule has 3 nitrogen and oxygen atoms in total. The average molecular weight is 284 g/mol. The molecule has 0 radical (unpaired) electrons. The van der Waals surface area contributed by atoms with Crippen molar-refractivity contribution in [1.82, 2.24) is 0 Å². The van der Waals surface area contributed by atoms with E-state index in [1.807, 2.05) is 25.1 Å². The molecule has 1 aromatic carbocycles. The minimum absolute atomic E-state index is 0.370. The van der Waals surface area contributed by atoms with Gasteiger partial charge >= 0.3 is 5.97 Å². The topological polar surface area (TPSA) is 52.3 Å². The van der Waals surface area contributed by atoms with Gasteiger partial charge in [-0.3, -0.25) is 0 Å². The number of benzene rings is 1. The average Bonchev–Trinajstić information content (AvgIpc) is 2.28. The van der Waals surface area contributed by atoms with Gasteiger partial charge < -0.3 is 10.5 Å². The van der Waals surface area contributed by atoms with Crippen LogP contribution in [-0.4, -0.2) is 12.6 Å². The van der Waals surface area contributed by atoms with Crippen LogP contribution >= 0.6 is 15.9 Å². The number of para-hydroxylation sites is 1. The zero-order valence-electron chi connectivity index (χ0n) is 9.07. The van der Waals surface area contributed by atoms with Crippen LogP contribution in [0.2, 0.25) is 0 Å². The summed E-state index contributed by atoms with van der Waals surface area (Å²) in [4.78, 5) is 11.4. The van der Waals surface area contributed by atoms with Crippen molar-refractivity contribution < 1.29 is 9.53 Å². The second kappa shape index (κ2) is 6.33. The van der Waals surface area contributed by atoms with Crippen molar-refractivity contribution in [3.63, 3.8) is 0 Å². The van der Waals surface area contributed by atoms with E-state index in [9.17, 15) is 4.79 Å². The predicted molar refractivity (Wildman–Crippen MR) is 69.0 cm³/mol. The summed E-state index contributed by atoms with van der Waals surface area (Å²) in [5, 5.41) is 0. The maximum absolute atomic E-state index is 11.4. The van der Waals surface area contributed by atoms with Gasteiger partial charge in [0.05, 0.1) is 6.61 Å². The van der Waals surface area contributed by atoms with Gasteiger partial charge in [-0.1, -0.05) is 25.1 Å². The first-order chi connectivity index (χ1) is 7.65. The molecule has 0 saturated heterocycles. The van der Waals surface area contributed by atoms with E-state index in [0.717, 1.165) is 12.0 Å². The minimum Gasteiger partial charge on any atom is -0.462 e. The third-order valence-electron chi connectivity index (χ3n) is 1.91. The van der Waals surface area contributed by atoms with E-state index in [2.05, 4.69) is 15.9 Å². The van der Waals surface area contributed by atoms with E-state index in [0.29, 0.717) is 16.8 Å². The van der Waals surface area contributed by atoms with Gasteiger partial charge in [0.1, 0.15) is 4.48 Å². The maximum Gasteiger partial charge on any atom is 0.345 e. The van der Waals surface area contributed by atoms with E-state index < -0.39 is 0 Å². The third kappa shape index (κ3) is 3.70. The molecule has 0 saturated carbocycles. The van der Waals surface area contributed by atoms with Crippen LogP contribution in [0.1, 0.15) is 18.9 Å². The van der Waals surface area contributed by atoms with Gasteiger partial charge in [0, 0.05) is 5.69 Å². The molecule has 0 aliphatic rings. The number of nitrogen functional groups attached to an aromatic ring is 1. The Morgan fingerprint density at radius 2 is 2.19 bits per heavy atom. The summed E-state index contributed by atoms with van der Waals surface area (Å²) >= 11 is 3.18. The Balaban J connectivity index is 2.77. The van der Waals surface area contributed by atoms with Crippen molar-refractivity contribution in [3.05, 3.63) is 34.3 Å². The van der Waals surface area contributed by atoms with Gasteiger partial charge in [-0.05, 0) is 40.1 Å². The molecule has 1 aromatic rings. The normalized spacial score (nSPS) is 11.2. The van der Waals surface area contributed by atoms with Crippen LogP contribution in [0.3, 0.4) is 0 Å². The highest BCUT2D eigenvalue weighted by Crippen LogP contribution is 2.18. The number of hydrogen-bond donors (Lipinski definition) is 1. The van der Waals surface area contributed by atoms with Crippen molar-refractivity contribution in [2.75, 3.05) is 12.3 Å². The fourth-order valence-electron chi connectivity index (χ4n) is 1.10. The fraction of sp³-hybridized carbons (Fsp3) is 0.250. The number of rotatable bonds is 4. The summed E-state index contributed by atoms with van der Waals surface area (Å²) in [6, 6.07) is 7.32. The molecule has 0 atom stereocenters. The smallest absolute Gasteiger partial charge is 0.345 e. The largest absolute Gasteiger partial charge is 0.462 e. The van der Waals surface area contributed by atoms with E-state index >= 15 is 0 Å². The van der Waals surface area contributed by atoms with Crippen molar-refractivity contribution >= 4 is 33.7 Å². The molecule has 1 rings (SSSR count). The lowest BCUT2D eigenvalue weighted by molar-refractivity contribution is -0.137. The molecule has 0 aliphatic heterocycles. The Morgan fingerprint density at radius 1 is 1.50 bits per heavy atom. The van der Waals surface area contributed by atoms with Crippen LogP contribution in [-0.2, 0) is 9.53 Å². The summed E-state index contributed by atoms with van der Waals surface area (Å²) in [6.07, 6.45) is 2.47. The van der Waals surface area contributed by atoms with Gasteiger partial charge in [-0.2, -0.15) is 0 Å². The lowest BCUT2D eigenvalue weighted by Crippen LogP contribution is -2.04. The molecule has 0 aliphatic carbocycles. The summed E-state index contributed by atoms with van der Waals surface area (Å²) in [5.41, 5.74) is 7.17. The molecule has 0 amide bonds. The summed E-state index contributed by atoms with van der Waals surface area (Å²) in [7, 11) is 0. The minimum atomic E-state index is -0.370. The molecule has 0 spiro atoms. The molecule has 16 heavy (non-hydrogen) atoms. The molecule has 2 N–H and O–H groups in total. The third-order valence-corrected chi connectivity index (χ3v) is 2.46. The molecule has 0 heterocycles. The van der Waals surface area contributed by atoms with E-state index in [1.165, 1.54) is 0 Å². The monoisotopic (exact) mass is 283 g/mol. The molecular weight excluding hydrogens is 270 g/mol. The molecular formula is C12H14BrNO2. The molecule has 0 aromatic heterocycles. The van der Waals surface area contributed by atoms with Gasteiger partial charge in [0.25, 0.3) is 0 Å². The predicted octanol–water partition coefficient (Wildman–Crippen LogP) is 2.96. The number of ether oxygens (including phenoxy) is 1. The van der Waals surface area contributed by atoms with Crippen LogP contribution < -0.4 is 5.73 Å². The first kappa shape index (κ1) is 12.8. The van der Waals surface area contributed by atoms with Crippen LogP contribution in [0.4, 0.5) is 5.69 Å². The van der Waals surface area contributed by atoms with Gasteiger partial charge in [-0.15, -0.1) is 0 Å². The number of nitrogens with two attached hydrogens (primary N) is 1. The second-order valence-electron chi connectivity index (χ2n) is 3.26. The zero-order valence-corrected chi connectivity index (χ0v) is 10.7. The standard InChI is InChI=1S/C12H14BrNO2/c1-2-7-16-12(15)10(13)8-9-5-3-4-6-11(9)14/h3-6,8H,2,7,14H2,1H3/b10-8-. The number of esters is 1. The van der Waals surface area contributed by atoms with Crippen LogP contribution in [0.5, 0.6) is 0 Å². The highest BCUT2D eigenvalue weighted by atomic mass is 79.9. The van der Waals surface area contributed by atoms with Gasteiger partial charge in [0.15, 0.2) is 0 Å². The quantitative estimate of drug-likeness (QED) is 0.525. The fourth-order valence-corrected chi connectivity index (χ4v) is 1.46. The van der Waals surface area contributed by atoms with Crippen molar-refractivity contribution in [3.8, 4) is 0 Å². The zero-order chi connectivity index (χ0) is 12.0. The van der Waals surface area contributed by atoms with Crippen LogP contribution in [0.15, 0.2) is 28.7 Å². The van der Waals surface area contributed by atoms with Crippen LogP contribution in [0.25, 0.3) is 6.08 Å². The van der Waals surface area contributed by atoms with E-state index in [1.54, 1.807) is 12.1 Å². The highest BCUT2D eigenvalue weighted by molar-refractivity contribution is 9.12.